The molecule has 0 radical (unpaired) electrons. The van der Waals surface area contributed by atoms with Crippen LogP contribution in [0.15, 0.2) is 78.9 Å². The van der Waals surface area contributed by atoms with Crippen LogP contribution < -0.4 is 14.4 Å². The zero-order valence-corrected chi connectivity index (χ0v) is 16.8. The Morgan fingerprint density at radius 3 is 1.42 bits per heavy atom. The number of benzene rings is 3. The highest BCUT2D eigenvalue weighted by atomic mass is 16.5. The quantitative estimate of drug-likeness (QED) is 0.348. The van der Waals surface area contributed by atoms with Gasteiger partial charge in [-0.25, -0.2) is 14.5 Å². The number of imide groups is 1. The lowest BCUT2D eigenvalue weighted by Crippen LogP contribution is -2.30. The van der Waals surface area contributed by atoms with Crippen LogP contribution in [0, 0.1) is 0 Å². The lowest BCUT2D eigenvalue weighted by molar-refractivity contribution is -0.120. The Labute approximate surface area is 186 Å². The third kappa shape index (κ3) is 4.72. The van der Waals surface area contributed by atoms with Crippen molar-refractivity contribution < 1.29 is 38.9 Å². The van der Waals surface area contributed by atoms with Gasteiger partial charge in [-0.05, 0) is 66.7 Å². The summed E-state index contributed by atoms with van der Waals surface area (Å²) >= 11 is 0. The molecule has 164 valence electrons. The molecule has 0 saturated carbocycles. The lowest BCUT2D eigenvalue weighted by Gasteiger charge is -2.16. The summed E-state index contributed by atoms with van der Waals surface area (Å²) in [6, 6.07) is 14.5. The molecule has 0 aliphatic carbocycles. The van der Waals surface area contributed by atoms with Gasteiger partial charge in [0.1, 0.15) is 23.0 Å². The first-order valence-corrected chi connectivity index (χ1v) is 9.54. The molecule has 4 rings (SSSR count). The minimum absolute atomic E-state index is 0.0189. The zero-order valence-electron chi connectivity index (χ0n) is 16.8. The Morgan fingerprint density at radius 2 is 1.03 bits per heavy atom. The molecule has 0 bridgehead atoms. The summed E-state index contributed by atoms with van der Waals surface area (Å²) in [5.41, 5.74) is -0.260. The van der Waals surface area contributed by atoms with Crippen LogP contribution in [0.1, 0.15) is 20.7 Å². The molecule has 0 saturated heterocycles. The summed E-state index contributed by atoms with van der Waals surface area (Å²) in [6.45, 7) is 0. The Balaban J connectivity index is 1.68. The van der Waals surface area contributed by atoms with Gasteiger partial charge in [0.25, 0.3) is 11.8 Å². The molecule has 0 fully saturated rings. The van der Waals surface area contributed by atoms with Crippen molar-refractivity contribution in [2.45, 2.75) is 0 Å². The Kier molecular flexibility index (Phi) is 5.60. The molecule has 0 aromatic heterocycles. The van der Waals surface area contributed by atoms with Gasteiger partial charge in [-0.15, -0.1) is 0 Å². The number of esters is 2. The number of carbonyl (C=O) groups is 4. The molecular formula is C24H15NO8. The number of carbonyl (C=O) groups excluding carboxylic acids is 4. The summed E-state index contributed by atoms with van der Waals surface area (Å²) in [6.07, 6.45) is 2.14. The number of nitrogens with zero attached hydrogens (tertiary/aromatic N) is 1. The number of amides is 2. The van der Waals surface area contributed by atoms with Gasteiger partial charge < -0.3 is 19.7 Å². The van der Waals surface area contributed by atoms with E-state index in [1.54, 1.807) is 0 Å². The maximum absolute atomic E-state index is 12.7. The fraction of sp³-hybridized carbons (Fsp3) is 0. The summed E-state index contributed by atoms with van der Waals surface area (Å²) in [5, 5.41) is 18.7. The Hall–Kier alpha value is -4.92. The van der Waals surface area contributed by atoms with Crippen LogP contribution >= 0.6 is 0 Å². The number of ether oxygens (including phenoxy) is 2. The molecule has 2 N–H and O–H groups in total. The second-order valence-corrected chi connectivity index (χ2v) is 6.88. The number of phenols is 2. The predicted molar refractivity (Wildman–Crippen MR) is 114 cm³/mol. The number of hydrogen-bond acceptors (Lipinski definition) is 8. The van der Waals surface area contributed by atoms with Crippen molar-refractivity contribution in [3.63, 3.8) is 0 Å². The van der Waals surface area contributed by atoms with E-state index in [1.807, 2.05) is 0 Å². The number of aromatic hydroxyl groups is 2. The highest BCUT2D eigenvalue weighted by molar-refractivity contribution is 6.28. The normalized spacial score (nSPS) is 12.7. The van der Waals surface area contributed by atoms with Crippen molar-refractivity contribution >= 4 is 29.4 Å². The molecule has 1 aliphatic heterocycles. The Bertz CT molecular complexity index is 1200. The molecule has 0 spiro atoms. The van der Waals surface area contributed by atoms with Crippen molar-refractivity contribution in [2.24, 2.45) is 0 Å². The van der Waals surface area contributed by atoms with Gasteiger partial charge in [0.05, 0.1) is 16.8 Å². The standard InChI is InChI=1S/C24H15NO8/c26-17-1-5-19(6-2-17)32-23(30)14-11-15(24(31)33-20-7-3-18(27)4-8-20)13-16(12-14)25-21(28)9-10-22(25)29/h1-13,26-27H. The SMILES string of the molecule is O=C(Oc1ccc(O)cc1)c1cc(C(=O)Oc2ccc(O)cc2)cc(N2C(=O)C=CC2=O)c1. The molecular weight excluding hydrogens is 430 g/mol. The summed E-state index contributed by atoms with van der Waals surface area (Å²) < 4.78 is 10.5. The van der Waals surface area contributed by atoms with E-state index in [9.17, 15) is 29.4 Å². The van der Waals surface area contributed by atoms with E-state index < -0.39 is 23.8 Å². The molecule has 2 amide bonds. The molecule has 9 heteroatoms. The van der Waals surface area contributed by atoms with Crippen LogP contribution in [0.5, 0.6) is 23.0 Å². The van der Waals surface area contributed by atoms with Gasteiger partial charge in [0.15, 0.2) is 0 Å². The number of phenolic OH excluding ortho intramolecular Hbond substituents is 2. The third-order valence-corrected chi connectivity index (χ3v) is 4.55. The highest BCUT2D eigenvalue weighted by Gasteiger charge is 2.28. The van der Waals surface area contributed by atoms with E-state index in [4.69, 9.17) is 9.47 Å². The molecule has 3 aromatic rings. The molecule has 9 nitrogen and oxygen atoms in total. The van der Waals surface area contributed by atoms with Crippen LogP contribution in [0.4, 0.5) is 5.69 Å². The van der Waals surface area contributed by atoms with Gasteiger partial charge in [0.2, 0.25) is 0 Å². The van der Waals surface area contributed by atoms with Crippen LogP contribution in [0.2, 0.25) is 0 Å². The van der Waals surface area contributed by atoms with Gasteiger partial charge in [0, 0.05) is 12.2 Å². The molecule has 1 heterocycles. The fourth-order valence-electron chi connectivity index (χ4n) is 2.99. The summed E-state index contributed by atoms with van der Waals surface area (Å²) in [5.74, 6) is -2.78. The number of rotatable bonds is 5. The van der Waals surface area contributed by atoms with Crippen LogP contribution in [0.3, 0.4) is 0 Å². The largest absolute Gasteiger partial charge is 0.508 e. The first-order valence-electron chi connectivity index (χ1n) is 9.54. The first-order chi connectivity index (χ1) is 15.8. The maximum Gasteiger partial charge on any atom is 0.343 e. The summed E-state index contributed by atoms with van der Waals surface area (Å²) in [7, 11) is 0. The average Bonchev–Trinajstić information content (AvgIpc) is 3.14. The zero-order chi connectivity index (χ0) is 23.5. The second kappa shape index (κ2) is 8.67. The molecule has 3 aromatic carbocycles. The van der Waals surface area contributed by atoms with Gasteiger partial charge >= 0.3 is 11.9 Å². The second-order valence-electron chi connectivity index (χ2n) is 6.88. The third-order valence-electron chi connectivity index (χ3n) is 4.55. The van der Waals surface area contributed by atoms with Crippen molar-refractivity contribution in [2.75, 3.05) is 4.90 Å². The lowest BCUT2D eigenvalue weighted by atomic mass is 10.1. The summed E-state index contributed by atoms with van der Waals surface area (Å²) in [4.78, 5) is 50.5. The fourth-order valence-corrected chi connectivity index (χ4v) is 2.99. The van der Waals surface area contributed by atoms with E-state index in [-0.39, 0.29) is 39.8 Å². The minimum atomic E-state index is -0.867. The van der Waals surface area contributed by atoms with Crippen LogP contribution in [-0.4, -0.2) is 34.0 Å². The Morgan fingerprint density at radius 1 is 0.636 bits per heavy atom. The number of hydrogen-bond donors (Lipinski definition) is 2. The monoisotopic (exact) mass is 445 g/mol. The van der Waals surface area contributed by atoms with Gasteiger partial charge in [-0.3, -0.25) is 9.59 Å². The van der Waals surface area contributed by atoms with E-state index in [2.05, 4.69) is 0 Å². The molecule has 0 atom stereocenters. The average molecular weight is 445 g/mol. The van der Waals surface area contributed by atoms with E-state index in [1.165, 1.54) is 66.7 Å². The number of anilines is 1. The highest BCUT2D eigenvalue weighted by Crippen LogP contribution is 2.26. The molecule has 33 heavy (non-hydrogen) atoms. The van der Waals surface area contributed by atoms with Crippen molar-refractivity contribution in [3.05, 3.63) is 90.0 Å². The van der Waals surface area contributed by atoms with Crippen molar-refractivity contribution in [1.82, 2.24) is 0 Å². The minimum Gasteiger partial charge on any atom is -0.508 e. The molecule has 1 aliphatic rings. The van der Waals surface area contributed by atoms with Crippen LogP contribution in [0.25, 0.3) is 0 Å². The first kappa shape index (κ1) is 21.3. The van der Waals surface area contributed by atoms with Crippen LogP contribution in [-0.2, 0) is 9.59 Å². The smallest absolute Gasteiger partial charge is 0.343 e. The predicted octanol–water partition coefficient (Wildman–Crippen LogP) is 2.97. The topological polar surface area (TPSA) is 130 Å². The van der Waals surface area contributed by atoms with E-state index in [0.29, 0.717) is 0 Å². The van der Waals surface area contributed by atoms with E-state index in [0.717, 1.165) is 17.1 Å². The van der Waals surface area contributed by atoms with Gasteiger partial charge in [-0.1, -0.05) is 0 Å². The van der Waals surface area contributed by atoms with Crippen molar-refractivity contribution in [1.29, 1.82) is 0 Å². The molecule has 0 unspecified atom stereocenters. The van der Waals surface area contributed by atoms with E-state index >= 15 is 0 Å². The maximum atomic E-state index is 12.7. The van der Waals surface area contributed by atoms with Gasteiger partial charge in [-0.2, -0.15) is 0 Å². The van der Waals surface area contributed by atoms with Crippen molar-refractivity contribution in [3.8, 4) is 23.0 Å².